The van der Waals surface area contributed by atoms with E-state index in [0.29, 0.717) is 5.41 Å². The largest absolute Gasteiger partial charge is 0.379 e. The quantitative estimate of drug-likeness (QED) is 0.840. The smallest absolute Gasteiger partial charge is 0.0591 e. The fourth-order valence-corrected chi connectivity index (χ4v) is 3.19. The van der Waals surface area contributed by atoms with E-state index in [0.717, 1.165) is 19.8 Å². The predicted octanol–water partition coefficient (Wildman–Crippen LogP) is 2.00. The van der Waals surface area contributed by atoms with Gasteiger partial charge in [-0.3, -0.25) is 0 Å². The molecule has 2 nitrogen and oxygen atoms in total. The fraction of sp³-hybridized carbons (Fsp3) is 0.571. The second-order valence-electron chi connectivity index (χ2n) is 5.37. The Bertz CT molecular complexity index is 405. The number of nitrogens with two attached hydrogens (primary N) is 1. The first-order chi connectivity index (χ1) is 7.74. The van der Waals surface area contributed by atoms with E-state index in [4.69, 9.17) is 10.5 Å². The van der Waals surface area contributed by atoms with Crippen LogP contribution in [0.5, 0.6) is 0 Å². The third kappa shape index (κ3) is 1.14. The van der Waals surface area contributed by atoms with E-state index in [1.807, 2.05) is 0 Å². The van der Waals surface area contributed by atoms with Crippen LogP contribution in [-0.2, 0) is 10.2 Å². The van der Waals surface area contributed by atoms with Crippen LogP contribution in [0, 0.1) is 12.3 Å². The zero-order chi connectivity index (χ0) is 11.2. The Labute approximate surface area is 96.8 Å². The zero-order valence-electron chi connectivity index (χ0n) is 9.83. The van der Waals surface area contributed by atoms with Crippen molar-refractivity contribution in [2.45, 2.75) is 25.2 Å². The van der Waals surface area contributed by atoms with Crippen molar-refractivity contribution >= 4 is 0 Å². The minimum Gasteiger partial charge on any atom is -0.379 e. The summed E-state index contributed by atoms with van der Waals surface area (Å²) in [6, 6.07) is 8.69. The van der Waals surface area contributed by atoms with E-state index in [1.54, 1.807) is 0 Å². The summed E-state index contributed by atoms with van der Waals surface area (Å²) in [5.74, 6) is 0. The highest BCUT2D eigenvalue weighted by atomic mass is 16.5. The highest BCUT2D eigenvalue weighted by Crippen LogP contribution is 2.62. The zero-order valence-corrected chi connectivity index (χ0v) is 9.83. The van der Waals surface area contributed by atoms with Crippen molar-refractivity contribution in [3.8, 4) is 0 Å². The number of ether oxygens (including phenoxy) is 1. The number of benzene rings is 1. The third-order valence-corrected chi connectivity index (χ3v) is 4.62. The van der Waals surface area contributed by atoms with Gasteiger partial charge < -0.3 is 10.5 Å². The van der Waals surface area contributed by atoms with Gasteiger partial charge in [-0.15, -0.1) is 0 Å². The van der Waals surface area contributed by atoms with Gasteiger partial charge in [0.05, 0.1) is 13.2 Å². The molecule has 0 bridgehead atoms. The molecule has 2 aliphatic rings. The lowest BCUT2D eigenvalue weighted by molar-refractivity contribution is -0.0975. The second kappa shape index (κ2) is 3.31. The molecular formula is C14H19NO. The summed E-state index contributed by atoms with van der Waals surface area (Å²) in [7, 11) is 0. The van der Waals surface area contributed by atoms with E-state index >= 15 is 0 Å². The van der Waals surface area contributed by atoms with E-state index in [1.165, 1.54) is 24.0 Å². The van der Waals surface area contributed by atoms with E-state index < -0.39 is 0 Å². The average molecular weight is 217 g/mol. The molecule has 2 N–H and O–H groups in total. The van der Waals surface area contributed by atoms with Crippen LogP contribution in [0.3, 0.4) is 0 Å². The summed E-state index contributed by atoms with van der Waals surface area (Å²) >= 11 is 0. The SMILES string of the molecule is Cc1ccccc1C1(C2(CN)CC2)COC1. The van der Waals surface area contributed by atoms with Gasteiger partial charge in [0.1, 0.15) is 0 Å². The number of aryl methyl sites for hydroxylation is 1. The highest BCUT2D eigenvalue weighted by Gasteiger charge is 2.62. The van der Waals surface area contributed by atoms with Gasteiger partial charge in [0.2, 0.25) is 0 Å². The van der Waals surface area contributed by atoms with Crippen LogP contribution in [0.2, 0.25) is 0 Å². The van der Waals surface area contributed by atoms with E-state index in [9.17, 15) is 0 Å². The Balaban J connectivity index is 2.06. The minimum absolute atomic E-state index is 0.215. The molecule has 0 radical (unpaired) electrons. The maximum Gasteiger partial charge on any atom is 0.0591 e. The van der Waals surface area contributed by atoms with Crippen LogP contribution in [0.4, 0.5) is 0 Å². The van der Waals surface area contributed by atoms with Gasteiger partial charge in [0.15, 0.2) is 0 Å². The van der Waals surface area contributed by atoms with E-state index in [2.05, 4.69) is 31.2 Å². The Hall–Kier alpha value is -0.860. The summed E-state index contributed by atoms with van der Waals surface area (Å²) < 4.78 is 5.52. The van der Waals surface area contributed by atoms with Crippen molar-refractivity contribution in [3.63, 3.8) is 0 Å². The molecule has 86 valence electrons. The molecule has 16 heavy (non-hydrogen) atoms. The molecule has 0 aromatic heterocycles. The van der Waals surface area contributed by atoms with Crippen LogP contribution in [0.25, 0.3) is 0 Å². The van der Waals surface area contributed by atoms with Crippen LogP contribution in [0.15, 0.2) is 24.3 Å². The summed E-state index contributed by atoms with van der Waals surface area (Å²) in [4.78, 5) is 0. The maximum atomic E-state index is 6.00. The van der Waals surface area contributed by atoms with E-state index in [-0.39, 0.29) is 5.41 Å². The predicted molar refractivity (Wildman–Crippen MR) is 64.4 cm³/mol. The molecule has 2 fully saturated rings. The molecule has 2 heteroatoms. The molecule has 1 aromatic rings. The lowest BCUT2D eigenvalue weighted by atomic mass is 9.65. The van der Waals surface area contributed by atoms with Gasteiger partial charge in [-0.2, -0.15) is 0 Å². The molecule has 1 saturated heterocycles. The van der Waals surface area contributed by atoms with Gasteiger partial charge in [-0.1, -0.05) is 24.3 Å². The molecule has 1 saturated carbocycles. The average Bonchev–Trinajstić information content (AvgIpc) is 3.01. The Kier molecular flexibility index (Phi) is 2.13. The maximum absolute atomic E-state index is 6.00. The number of hydrogen-bond acceptors (Lipinski definition) is 2. The normalized spacial score (nSPS) is 24.9. The first-order valence-corrected chi connectivity index (χ1v) is 6.08. The van der Waals surface area contributed by atoms with Crippen LogP contribution in [-0.4, -0.2) is 19.8 Å². The standard InChI is InChI=1S/C14H19NO/c1-11-4-2-3-5-12(11)14(9-16-10-14)13(8-15)6-7-13/h2-5H,6-10,15H2,1H3. The molecule has 0 amide bonds. The van der Waals surface area contributed by atoms with Gasteiger partial charge in [-0.05, 0) is 42.9 Å². The van der Waals surface area contributed by atoms with Gasteiger partial charge in [-0.25, -0.2) is 0 Å². The van der Waals surface area contributed by atoms with Crippen molar-refractivity contribution in [1.82, 2.24) is 0 Å². The summed E-state index contributed by atoms with van der Waals surface area (Å²) in [5, 5.41) is 0. The molecule has 3 rings (SSSR count). The molecule has 0 spiro atoms. The molecule has 1 heterocycles. The number of rotatable bonds is 3. The van der Waals surface area contributed by atoms with Gasteiger partial charge in [0, 0.05) is 5.41 Å². The summed E-state index contributed by atoms with van der Waals surface area (Å²) in [6.45, 7) is 4.71. The highest BCUT2D eigenvalue weighted by molar-refractivity contribution is 5.40. The van der Waals surface area contributed by atoms with Crippen molar-refractivity contribution in [2.75, 3.05) is 19.8 Å². The summed E-state index contributed by atoms with van der Waals surface area (Å²) in [5.41, 5.74) is 9.38. The first-order valence-electron chi connectivity index (χ1n) is 6.08. The second-order valence-corrected chi connectivity index (χ2v) is 5.37. The number of hydrogen-bond donors (Lipinski definition) is 1. The van der Waals surface area contributed by atoms with Crippen molar-refractivity contribution < 1.29 is 4.74 Å². The lowest BCUT2D eigenvalue weighted by Crippen LogP contribution is -2.56. The van der Waals surface area contributed by atoms with Crippen molar-refractivity contribution in [1.29, 1.82) is 0 Å². The third-order valence-electron chi connectivity index (χ3n) is 4.62. The lowest BCUT2D eigenvalue weighted by Gasteiger charge is -2.49. The molecule has 1 aromatic carbocycles. The van der Waals surface area contributed by atoms with Crippen LogP contribution >= 0.6 is 0 Å². The Morgan fingerprint density at radius 1 is 1.25 bits per heavy atom. The van der Waals surface area contributed by atoms with Crippen molar-refractivity contribution in [2.24, 2.45) is 11.1 Å². The molecule has 0 atom stereocenters. The molecular weight excluding hydrogens is 198 g/mol. The van der Waals surface area contributed by atoms with Crippen LogP contribution < -0.4 is 5.73 Å². The first kappa shape index (κ1) is 10.3. The molecule has 0 unspecified atom stereocenters. The van der Waals surface area contributed by atoms with Crippen LogP contribution in [0.1, 0.15) is 24.0 Å². The molecule has 1 aliphatic heterocycles. The molecule has 1 aliphatic carbocycles. The Morgan fingerprint density at radius 3 is 2.38 bits per heavy atom. The minimum atomic E-state index is 0.215. The van der Waals surface area contributed by atoms with Crippen molar-refractivity contribution in [3.05, 3.63) is 35.4 Å². The monoisotopic (exact) mass is 217 g/mol. The summed E-state index contributed by atoms with van der Waals surface area (Å²) in [6.07, 6.45) is 2.53. The fourth-order valence-electron chi connectivity index (χ4n) is 3.19. The Morgan fingerprint density at radius 2 is 1.94 bits per heavy atom. The van der Waals surface area contributed by atoms with Gasteiger partial charge in [0.25, 0.3) is 0 Å². The van der Waals surface area contributed by atoms with Gasteiger partial charge >= 0.3 is 0 Å². The topological polar surface area (TPSA) is 35.2 Å².